The van der Waals surface area contributed by atoms with Crippen molar-refractivity contribution in [3.05, 3.63) is 60.2 Å². The summed E-state index contributed by atoms with van der Waals surface area (Å²) in [5.74, 6) is 1.17. The van der Waals surface area contributed by atoms with Crippen LogP contribution in [0.1, 0.15) is 44.0 Å². The zero-order valence-electron chi connectivity index (χ0n) is 16.2. The van der Waals surface area contributed by atoms with E-state index in [1.165, 1.54) is 5.69 Å². The molecule has 3 nitrogen and oxygen atoms in total. The second kappa shape index (κ2) is 7.53. The highest BCUT2D eigenvalue weighted by Crippen LogP contribution is 2.38. The summed E-state index contributed by atoms with van der Waals surface area (Å²) in [4.78, 5) is 15.6. The maximum Gasteiger partial charge on any atom is 0.168 e. The summed E-state index contributed by atoms with van der Waals surface area (Å²) in [5, 5.41) is 0. The van der Waals surface area contributed by atoms with Crippen LogP contribution in [0.2, 0.25) is 0 Å². The molecule has 0 aliphatic carbocycles. The molecule has 1 aliphatic heterocycles. The van der Waals surface area contributed by atoms with Gasteiger partial charge in [0.05, 0.1) is 7.11 Å². The normalized spacial score (nSPS) is 20.2. The minimum absolute atomic E-state index is 0.0405. The van der Waals surface area contributed by atoms with Gasteiger partial charge in [0.2, 0.25) is 0 Å². The van der Waals surface area contributed by atoms with Crippen molar-refractivity contribution in [3.8, 4) is 5.75 Å². The lowest BCUT2D eigenvalue weighted by Gasteiger charge is -2.34. The Hall–Kier alpha value is -2.29. The van der Waals surface area contributed by atoms with Crippen LogP contribution in [0, 0.1) is 11.3 Å². The van der Waals surface area contributed by atoms with Crippen LogP contribution in [-0.2, 0) is 0 Å². The van der Waals surface area contributed by atoms with Crippen molar-refractivity contribution in [1.82, 2.24) is 0 Å². The van der Waals surface area contributed by atoms with Gasteiger partial charge in [0.25, 0.3) is 0 Å². The predicted molar refractivity (Wildman–Crippen MR) is 107 cm³/mol. The number of benzene rings is 2. The first-order valence-corrected chi connectivity index (χ1v) is 9.39. The van der Waals surface area contributed by atoms with Crippen LogP contribution in [-0.4, -0.2) is 25.5 Å². The summed E-state index contributed by atoms with van der Waals surface area (Å²) in [6.45, 7) is 7.67. The standard InChI is InChI=1S/C23H29NO2/c1-23(2,3)16-21-20(22(25)17-8-6-5-7-9-17)14-15-24(21)18-10-12-19(26-4)13-11-18/h5-13,20-21H,14-16H2,1-4H3/t20-,21-/m0/s1. The fourth-order valence-electron chi connectivity index (χ4n) is 3.95. The number of carbonyl (C=O) groups excluding carboxylic acids is 1. The van der Waals surface area contributed by atoms with E-state index in [0.29, 0.717) is 0 Å². The molecule has 0 bridgehead atoms. The van der Waals surface area contributed by atoms with Crippen LogP contribution in [0.3, 0.4) is 0 Å². The molecule has 0 unspecified atom stereocenters. The summed E-state index contributed by atoms with van der Waals surface area (Å²) in [5.41, 5.74) is 2.16. The van der Waals surface area contributed by atoms with E-state index in [2.05, 4.69) is 37.8 Å². The van der Waals surface area contributed by atoms with Crippen LogP contribution in [0.4, 0.5) is 5.69 Å². The maximum atomic E-state index is 13.2. The van der Waals surface area contributed by atoms with Gasteiger partial charge < -0.3 is 9.64 Å². The number of ether oxygens (including phenoxy) is 1. The largest absolute Gasteiger partial charge is 0.497 e. The molecule has 26 heavy (non-hydrogen) atoms. The average Bonchev–Trinajstić information content (AvgIpc) is 3.03. The average molecular weight is 351 g/mol. The minimum Gasteiger partial charge on any atom is -0.497 e. The lowest BCUT2D eigenvalue weighted by molar-refractivity contribution is 0.0902. The zero-order valence-corrected chi connectivity index (χ0v) is 16.2. The molecule has 0 N–H and O–H groups in total. The number of rotatable bonds is 5. The highest BCUT2D eigenvalue weighted by atomic mass is 16.5. The van der Waals surface area contributed by atoms with E-state index < -0.39 is 0 Å². The number of methoxy groups -OCH3 is 1. The van der Waals surface area contributed by atoms with Gasteiger partial charge in [-0.1, -0.05) is 51.1 Å². The van der Waals surface area contributed by atoms with Crippen molar-refractivity contribution in [3.63, 3.8) is 0 Å². The first-order valence-electron chi connectivity index (χ1n) is 9.39. The van der Waals surface area contributed by atoms with Gasteiger partial charge in [-0.05, 0) is 42.5 Å². The Balaban J connectivity index is 1.89. The second-order valence-corrected chi connectivity index (χ2v) is 8.35. The zero-order chi connectivity index (χ0) is 18.7. The Morgan fingerprint density at radius 1 is 1.08 bits per heavy atom. The van der Waals surface area contributed by atoms with Gasteiger partial charge in [-0.3, -0.25) is 4.79 Å². The first kappa shape index (κ1) is 18.5. The molecule has 3 rings (SSSR count). The predicted octanol–water partition coefficient (Wildman–Crippen LogP) is 5.21. The highest BCUT2D eigenvalue weighted by Gasteiger charge is 2.40. The Morgan fingerprint density at radius 2 is 1.73 bits per heavy atom. The molecular formula is C23H29NO2. The summed E-state index contributed by atoms with van der Waals surface area (Å²) in [6.07, 6.45) is 1.89. The Labute approximate surface area is 157 Å². The molecule has 0 saturated carbocycles. The third kappa shape index (κ3) is 4.09. The molecular weight excluding hydrogens is 322 g/mol. The van der Waals surface area contributed by atoms with Crippen molar-refractivity contribution in [1.29, 1.82) is 0 Å². The number of hydrogen-bond donors (Lipinski definition) is 0. The van der Waals surface area contributed by atoms with E-state index in [0.717, 1.165) is 30.7 Å². The van der Waals surface area contributed by atoms with E-state index in [4.69, 9.17) is 4.74 Å². The fourth-order valence-corrected chi connectivity index (χ4v) is 3.95. The molecule has 1 fully saturated rings. The molecule has 2 atom stereocenters. The van der Waals surface area contributed by atoms with Crippen molar-refractivity contribution in [2.75, 3.05) is 18.6 Å². The maximum absolute atomic E-state index is 13.2. The number of Topliss-reactive ketones (excluding diaryl/α,β-unsaturated/α-hetero) is 1. The van der Waals surface area contributed by atoms with E-state index in [1.54, 1.807) is 7.11 Å². The van der Waals surface area contributed by atoms with Crippen LogP contribution in [0.5, 0.6) is 5.75 Å². The molecule has 2 aromatic rings. The van der Waals surface area contributed by atoms with Crippen molar-refractivity contribution in [2.24, 2.45) is 11.3 Å². The molecule has 1 heterocycles. The van der Waals surface area contributed by atoms with Crippen LogP contribution >= 0.6 is 0 Å². The number of nitrogens with zero attached hydrogens (tertiary/aromatic N) is 1. The summed E-state index contributed by atoms with van der Waals surface area (Å²) < 4.78 is 5.28. The highest BCUT2D eigenvalue weighted by molar-refractivity contribution is 5.99. The molecule has 0 aromatic heterocycles. The lowest BCUT2D eigenvalue weighted by atomic mass is 9.80. The van der Waals surface area contributed by atoms with Gasteiger partial charge in [-0.2, -0.15) is 0 Å². The first-order chi connectivity index (χ1) is 12.4. The Bertz CT molecular complexity index is 731. The Kier molecular flexibility index (Phi) is 5.36. The summed E-state index contributed by atoms with van der Waals surface area (Å²) in [6, 6.07) is 18.1. The van der Waals surface area contributed by atoms with Crippen molar-refractivity contribution >= 4 is 11.5 Å². The Morgan fingerprint density at radius 3 is 2.31 bits per heavy atom. The van der Waals surface area contributed by atoms with Gasteiger partial charge in [0, 0.05) is 29.8 Å². The third-order valence-corrected chi connectivity index (χ3v) is 5.17. The monoisotopic (exact) mass is 351 g/mol. The molecule has 0 radical (unpaired) electrons. The van der Waals surface area contributed by atoms with E-state index >= 15 is 0 Å². The minimum atomic E-state index is 0.0405. The van der Waals surface area contributed by atoms with Crippen LogP contribution in [0.25, 0.3) is 0 Å². The molecule has 0 amide bonds. The van der Waals surface area contributed by atoms with E-state index in [1.807, 2.05) is 42.5 Å². The van der Waals surface area contributed by atoms with Gasteiger partial charge in [-0.15, -0.1) is 0 Å². The number of ketones is 1. The lowest BCUT2D eigenvalue weighted by Crippen LogP contribution is -2.38. The molecule has 3 heteroatoms. The van der Waals surface area contributed by atoms with Gasteiger partial charge >= 0.3 is 0 Å². The van der Waals surface area contributed by atoms with Gasteiger partial charge in [0.15, 0.2) is 5.78 Å². The molecule has 2 aromatic carbocycles. The summed E-state index contributed by atoms with van der Waals surface area (Å²) in [7, 11) is 1.68. The fraction of sp³-hybridized carbons (Fsp3) is 0.435. The number of hydrogen-bond acceptors (Lipinski definition) is 3. The smallest absolute Gasteiger partial charge is 0.168 e. The van der Waals surface area contributed by atoms with Crippen molar-refractivity contribution < 1.29 is 9.53 Å². The van der Waals surface area contributed by atoms with Crippen LogP contribution < -0.4 is 9.64 Å². The van der Waals surface area contributed by atoms with Gasteiger partial charge in [-0.25, -0.2) is 0 Å². The molecule has 138 valence electrons. The molecule has 1 saturated heterocycles. The quantitative estimate of drug-likeness (QED) is 0.693. The SMILES string of the molecule is COc1ccc(N2CC[C@H](C(=O)c3ccccc3)[C@@H]2CC(C)(C)C)cc1. The summed E-state index contributed by atoms with van der Waals surface area (Å²) >= 11 is 0. The second-order valence-electron chi connectivity index (χ2n) is 8.35. The molecule has 1 aliphatic rings. The number of carbonyl (C=O) groups is 1. The van der Waals surface area contributed by atoms with E-state index in [-0.39, 0.29) is 23.2 Å². The van der Waals surface area contributed by atoms with E-state index in [9.17, 15) is 4.79 Å². The topological polar surface area (TPSA) is 29.5 Å². The molecule has 0 spiro atoms. The van der Waals surface area contributed by atoms with Gasteiger partial charge in [0.1, 0.15) is 5.75 Å². The number of anilines is 1. The van der Waals surface area contributed by atoms with Crippen molar-refractivity contribution in [2.45, 2.75) is 39.7 Å². The third-order valence-electron chi connectivity index (χ3n) is 5.17. The van der Waals surface area contributed by atoms with Crippen LogP contribution in [0.15, 0.2) is 54.6 Å².